The Hall–Kier alpha value is -4.04. The SMILES string of the molecule is C=C1[C@H](OC(=O)c2ccccc2)C[C@H]2[C@@H](C=C(C)C(=O)[C@]3(O)C[C@@H](C)[C@H](OC(=O)c4ccccc4)[C@@H]3[C@H]1OC(C)=O)C2(C)C. The zero-order valence-electron chi connectivity index (χ0n) is 25.8. The molecule has 2 aromatic carbocycles. The Labute approximate surface area is 258 Å². The zero-order valence-corrected chi connectivity index (χ0v) is 25.8. The van der Waals surface area contributed by atoms with Gasteiger partial charge in [-0.3, -0.25) is 9.59 Å². The van der Waals surface area contributed by atoms with Crippen molar-refractivity contribution in [2.45, 2.75) is 71.4 Å². The second kappa shape index (κ2) is 11.8. The molecule has 44 heavy (non-hydrogen) atoms. The molecule has 0 heterocycles. The number of allylic oxidation sites excluding steroid dienone is 1. The highest BCUT2D eigenvalue weighted by Crippen LogP contribution is 2.62. The molecule has 0 radical (unpaired) electrons. The van der Waals surface area contributed by atoms with Gasteiger partial charge in [-0.2, -0.15) is 0 Å². The van der Waals surface area contributed by atoms with Gasteiger partial charge in [0, 0.05) is 12.5 Å². The van der Waals surface area contributed by atoms with Crippen LogP contribution in [-0.2, 0) is 23.8 Å². The molecule has 5 rings (SSSR count). The predicted molar refractivity (Wildman–Crippen MR) is 162 cm³/mol. The fourth-order valence-corrected chi connectivity index (χ4v) is 7.26. The Morgan fingerprint density at radius 1 is 0.909 bits per heavy atom. The molecule has 0 bridgehead atoms. The molecule has 8 nitrogen and oxygen atoms in total. The standard InChI is InChI=1S/C36H40O8/c1-20-17-26-27(35(26,5)6)18-28(43-33(39)24-13-9-7-10-14-24)22(3)31(42-23(4)37)29-30(21(2)19-36(29,41)32(20)38)44-34(40)25-15-11-8-12-16-25/h7-17,21,26-31,41H,3,18-19H2,1-2,4-6H3/t21-,26-,27+,28-,29-,30+,31+,36+/m1/s1. The third-order valence-electron chi connectivity index (χ3n) is 9.80. The minimum atomic E-state index is -2.06. The van der Waals surface area contributed by atoms with Crippen molar-refractivity contribution in [3.05, 3.63) is 95.6 Å². The second-order valence-corrected chi connectivity index (χ2v) is 13.1. The summed E-state index contributed by atoms with van der Waals surface area (Å²) >= 11 is 0. The van der Waals surface area contributed by atoms with Crippen LogP contribution in [0, 0.1) is 29.1 Å². The molecule has 8 heteroatoms. The Morgan fingerprint density at radius 3 is 2.00 bits per heavy atom. The van der Waals surface area contributed by atoms with E-state index in [1.165, 1.54) is 6.92 Å². The number of carbonyl (C=O) groups is 4. The first-order valence-corrected chi connectivity index (χ1v) is 15.1. The van der Waals surface area contributed by atoms with Crippen molar-refractivity contribution in [1.29, 1.82) is 0 Å². The van der Waals surface area contributed by atoms with E-state index in [0.29, 0.717) is 23.1 Å². The number of benzene rings is 2. The smallest absolute Gasteiger partial charge is 0.338 e. The number of ketones is 1. The van der Waals surface area contributed by atoms with Crippen LogP contribution in [0.25, 0.3) is 0 Å². The number of aliphatic hydroxyl groups is 1. The molecular weight excluding hydrogens is 560 g/mol. The lowest BCUT2D eigenvalue weighted by molar-refractivity contribution is -0.162. The monoisotopic (exact) mass is 600 g/mol. The summed E-state index contributed by atoms with van der Waals surface area (Å²) in [5.41, 5.74) is -1.03. The van der Waals surface area contributed by atoms with Crippen LogP contribution in [0.1, 0.15) is 68.2 Å². The summed E-state index contributed by atoms with van der Waals surface area (Å²) in [5.74, 6) is -4.11. The van der Waals surface area contributed by atoms with Gasteiger partial charge in [-0.1, -0.05) is 69.8 Å². The summed E-state index contributed by atoms with van der Waals surface area (Å²) in [6, 6.07) is 16.9. The van der Waals surface area contributed by atoms with E-state index < -0.39 is 59.4 Å². The number of hydrogen-bond donors (Lipinski definition) is 1. The number of Topliss-reactive ketones (excluding diaryl/α,β-unsaturated/α-hetero) is 1. The van der Waals surface area contributed by atoms with Gasteiger partial charge < -0.3 is 19.3 Å². The summed E-state index contributed by atoms with van der Waals surface area (Å²) in [5, 5.41) is 12.3. The van der Waals surface area contributed by atoms with Crippen LogP contribution in [0.15, 0.2) is 84.5 Å². The normalized spacial score (nSPS) is 32.7. The summed E-state index contributed by atoms with van der Waals surface area (Å²) in [6.45, 7) is 13.1. The molecule has 3 aliphatic rings. The average molecular weight is 601 g/mol. The van der Waals surface area contributed by atoms with Crippen LogP contribution in [0.3, 0.4) is 0 Å². The maximum atomic E-state index is 14.2. The van der Waals surface area contributed by atoms with Crippen LogP contribution in [0.5, 0.6) is 0 Å². The fraction of sp³-hybridized carbons (Fsp3) is 0.444. The Morgan fingerprint density at radius 2 is 1.45 bits per heavy atom. The van der Waals surface area contributed by atoms with Crippen molar-refractivity contribution in [2.24, 2.45) is 29.1 Å². The highest BCUT2D eigenvalue weighted by Gasteiger charge is 2.64. The van der Waals surface area contributed by atoms with Gasteiger partial charge in [-0.15, -0.1) is 0 Å². The van der Waals surface area contributed by atoms with Gasteiger partial charge in [-0.25, -0.2) is 9.59 Å². The fourth-order valence-electron chi connectivity index (χ4n) is 7.26. The molecule has 0 aliphatic heterocycles. The number of ether oxygens (including phenoxy) is 3. The van der Waals surface area contributed by atoms with Gasteiger partial charge in [-0.05, 0) is 72.8 Å². The Bertz CT molecular complexity index is 1490. The third-order valence-corrected chi connectivity index (χ3v) is 9.80. The van der Waals surface area contributed by atoms with E-state index in [1.807, 2.05) is 6.08 Å². The molecule has 8 atom stereocenters. The number of hydrogen-bond acceptors (Lipinski definition) is 8. The summed E-state index contributed by atoms with van der Waals surface area (Å²) in [7, 11) is 0. The molecule has 0 spiro atoms. The van der Waals surface area contributed by atoms with E-state index in [2.05, 4.69) is 20.4 Å². The molecule has 232 valence electrons. The lowest BCUT2D eigenvalue weighted by Crippen LogP contribution is -2.53. The molecule has 1 N–H and O–H groups in total. The van der Waals surface area contributed by atoms with E-state index in [4.69, 9.17) is 14.2 Å². The van der Waals surface area contributed by atoms with E-state index in [0.717, 1.165) is 0 Å². The van der Waals surface area contributed by atoms with E-state index in [9.17, 15) is 24.3 Å². The minimum Gasteiger partial charge on any atom is -0.458 e. The average Bonchev–Trinajstić information content (AvgIpc) is 3.38. The van der Waals surface area contributed by atoms with Crippen LogP contribution in [-0.4, -0.2) is 52.7 Å². The first kappa shape index (κ1) is 31.4. The quantitative estimate of drug-likeness (QED) is 0.272. The lowest BCUT2D eigenvalue weighted by Gasteiger charge is -2.39. The number of carbonyl (C=O) groups excluding carboxylic acids is 4. The van der Waals surface area contributed by atoms with Gasteiger partial charge in [0.05, 0.1) is 17.0 Å². The predicted octanol–water partition coefficient (Wildman–Crippen LogP) is 5.50. The van der Waals surface area contributed by atoms with Crippen molar-refractivity contribution < 1.29 is 38.5 Å². The van der Waals surface area contributed by atoms with E-state index >= 15 is 0 Å². The van der Waals surface area contributed by atoms with Gasteiger partial charge in [0.15, 0.2) is 5.78 Å². The number of rotatable bonds is 5. The number of esters is 3. The molecule has 2 fully saturated rings. The maximum absolute atomic E-state index is 14.2. The second-order valence-electron chi connectivity index (χ2n) is 13.1. The van der Waals surface area contributed by atoms with Crippen molar-refractivity contribution in [3.8, 4) is 0 Å². The van der Waals surface area contributed by atoms with Crippen molar-refractivity contribution in [2.75, 3.05) is 0 Å². The molecule has 3 aliphatic carbocycles. The first-order chi connectivity index (χ1) is 20.8. The van der Waals surface area contributed by atoms with Gasteiger partial charge in [0.25, 0.3) is 0 Å². The van der Waals surface area contributed by atoms with Crippen LogP contribution in [0.4, 0.5) is 0 Å². The lowest BCUT2D eigenvalue weighted by atomic mass is 9.76. The van der Waals surface area contributed by atoms with Gasteiger partial charge >= 0.3 is 17.9 Å². The molecule has 0 saturated heterocycles. The third kappa shape index (κ3) is 5.75. The van der Waals surface area contributed by atoms with Crippen LogP contribution in [0.2, 0.25) is 0 Å². The van der Waals surface area contributed by atoms with Crippen molar-refractivity contribution in [3.63, 3.8) is 0 Å². The highest BCUT2D eigenvalue weighted by molar-refractivity contribution is 6.02. The largest absolute Gasteiger partial charge is 0.458 e. The molecule has 0 amide bonds. The zero-order chi connectivity index (χ0) is 32.0. The van der Waals surface area contributed by atoms with Crippen molar-refractivity contribution >= 4 is 23.7 Å². The minimum absolute atomic E-state index is 0.0185. The van der Waals surface area contributed by atoms with Gasteiger partial charge in [0.1, 0.15) is 23.9 Å². The Balaban J connectivity index is 1.61. The van der Waals surface area contributed by atoms with Gasteiger partial charge in [0.2, 0.25) is 0 Å². The highest BCUT2D eigenvalue weighted by atomic mass is 16.6. The summed E-state index contributed by atoms with van der Waals surface area (Å²) in [6.07, 6.45) is -1.04. The summed E-state index contributed by atoms with van der Waals surface area (Å²) in [4.78, 5) is 53.4. The maximum Gasteiger partial charge on any atom is 0.338 e. The molecule has 2 aromatic rings. The first-order valence-electron chi connectivity index (χ1n) is 15.1. The van der Waals surface area contributed by atoms with E-state index in [-0.39, 0.29) is 29.2 Å². The Kier molecular flexibility index (Phi) is 8.42. The van der Waals surface area contributed by atoms with Crippen LogP contribution >= 0.6 is 0 Å². The van der Waals surface area contributed by atoms with Crippen molar-refractivity contribution in [1.82, 2.24) is 0 Å². The van der Waals surface area contributed by atoms with Crippen LogP contribution < -0.4 is 0 Å². The van der Waals surface area contributed by atoms with E-state index in [1.54, 1.807) is 74.5 Å². The molecule has 2 saturated carbocycles. The topological polar surface area (TPSA) is 116 Å². The summed E-state index contributed by atoms with van der Waals surface area (Å²) < 4.78 is 18.0. The number of fused-ring (bicyclic) bond motifs is 2. The molecular formula is C36H40O8. The molecule has 0 unspecified atom stereocenters. The molecule has 0 aromatic heterocycles.